The van der Waals surface area contributed by atoms with Crippen LogP contribution in [0.5, 0.6) is 0 Å². The molecule has 3 atom stereocenters. The van der Waals surface area contributed by atoms with E-state index < -0.39 is 0 Å². The largest absolute Gasteiger partial charge is 0.118 e. The van der Waals surface area contributed by atoms with Crippen molar-refractivity contribution in [2.45, 2.75) is 30.5 Å². The molecule has 0 bridgehead atoms. The third-order valence-corrected chi connectivity index (χ3v) is 3.06. The highest BCUT2D eigenvalue weighted by Gasteiger charge is 2.03. The van der Waals surface area contributed by atoms with Gasteiger partial charge in [0.15, 0.2) is 0 Å². The molecule has 0 heterocycles. The van der Waals surface area contributed by atoms with Gasteiger partial charge in [-0.1, -0.05) is 15.5 Å². The summed E-state index contributed by atoms with van der Waals surface area (Å²) in [5, 5.41) is 0.542. The third kappa shape index (κ3) is 5.15. The maximum atomic E-state index is 5.79. The predicted octanol–water partition coefficient (Wildman–Crippen LogP) is 3.22. The Bertz CT molecular complexity index is 56.4. The zero-order valence-corrected chi connectivity index (χ0v) is 7.63. The Kier molecular flexibility index (Phi) is 5.46. The van der Waals surface area contributed by atoms with E-state index in [1.807, 2.05) is 6.92 Å². The van der Waals surface area contributed by atoms with E-state index in [1.165, 1.54) is 0 Å². The second-order valence-corrected chi connectivity index (χ2v) is 5.47. The molecule has 0 aromatic heterocycles. The van der Waals surface area contributed by atoms with Gasteiger partial charge in [-0.05, 0) is 13.3 Å². The summed E-state index contributed by atoms with van der Waals surface area (Å²) in [6, 6.07) is 0. The Labute approximate surface area is 62.7 Å². The number of hydrogen-bond acceptors (Lipinski definition) is 0. The van der Waals surface area contributed by atoms with Crippen molar-refractivity contribution in [3.05, 3.63) is 0 Å². The first-order chi connectivity index (χ1) is 3.66. The van der Waals surface area contributed by atoms with Gasteiger partial charge in [-0.2, -0.15) is 0 Å². The van der Waals surface area contributed by atoms with Crippen LogP contribution in [-0.2, 0) is 0 Å². The Morgan fingerprint density at radius 2 is 2.00 bits per heavy atom. The van der Waals surface area contributed by atoms with Crippen molar-refractivity contribution in [1.82, 2.24) is 0 Å². The molecule has 0 saturated carbocycles. The molecule has 3 heteroatoms. The first-order valence-electron chi connectivity index (χ1n) is 2.71. The summed E-state index contributed by atoms with van der Waals surface area (Å²) in [7, 11) is 0.693. The van der Waals surface area contributed by atoms with Gasteiger partial charge in [-0.15, -0.1) is 23.2 Å². The van der Waals surface area contributed by atoms with Gasteiger partial charge >= 0.3 is 0 Å². The Morgan fingerprint density at radius 1 is 1.50 bits per heavy atom. The highest BCUT2D eigenvalue weighted by Crippen LogP contribution is 2.32. The lowest BCUT2D eigenvalue weighted by Crippen LogP contribution is -1.89. The molecular weight excluding hydrogens is 162 g/mol. The summed E-state index contributed by atoms with van der Waals surface area (Å²) in [6.07, 6.45) is 1.02. The van der Waals surface area contributed by atoms with Crippen molar-refractivity contribution in [2.24, 2.45) is 0 Å². The normalized spacial score (nSPS) is 19.5. The van der Waals surface area contributed by atoms with Gasteiger partial charge < -0.3 is 0 Å². The van der Waals surface area contributed by atoms with E-state index in [9.17, 15) is 0 Å². The molecule has 0 amide bonds. The van der Waals surface area contributed by atoms with Crippen LogP contribution in [0, 0.1) is 0 Å². The van der Waals surface area contributed by atoms with Crippen LogP contribution >= 0.6 is 31.8 Å². The van der Waals surface area contributed by atoms with E-state index in [0.29, 0.717) is 13.7 Å². The molecular formula is C5H11Cl2P. The van der Waals surface area contributed by atoms with E-state index in [0.717, 1.165) is 6.42 Å². The molecule has 0 aromatic rings. The van der Waals surface area contributed by atoms with Crippen LogP contribution in [0.15, 0.2) is 0 Å². The van der Waals surface area contributed by atoms with Crippen LogP contribution < -0.4 is 0 Å². The lowest BCUT2D eigenvalue weighted by molar-refractivity contribution is 1.04. The van der Waals surface area contributed by atoms with Crippen molar-refractivity contribution in [3.8, 4) is 0 Å². The maximum Gasteiger partial charge on any atom is 0.0516 e. The van der Waals surface area contributed by atoms with Gasteiger partial charge in [-0.25, -0.2) is 0 Å². The maximum absolute atomic E-state index is 5.79. The van der Waals surface area contributed by atoms with Crippen LogP contribution in [0.1, 0.15) is 20.3 Å². The summed E-state index contributed by atoms with van der Waals surface area (Å²) in [4.78, 5) is 0. The van der Waals surface area contributed by atoms with Crippen molar-refractivity contribution < 1.29 is 0 Å². The quantitative estimate of drug-likeness (QED) is 0.454. The van der Waals surface area contributed by atoms with Crippen LogP contribution in [-0.4, -0.2) is 10.2 Å². The standard InChI is InChI=1S/C5H11Cl2P/c1-3-5(7)8-4(2)6/h4-5,8H,3H2,1-2H3. The first kappa shape index (κ1) is 9.01. The monoisotopic (exact) mass is 172 g/mol. The zero-order chi connectivity index (χ0) is 6.57. The molecule has 50 valence electrons. The molecule has 0 saturated heterocycles. The summed E-state index contributed by atoms with van der Waals surface area (Å²) >= 11 is 11.5. The fraction of sp³-hybridized carbons (Fsp3) is 1.00. The molecule has 0 nitrogen and oxygen atoms in total. The van der Waals surface area contributed by atoms with Gasteiger partial charge in [0.25, 0.3) is 0 Å². The molecule has 0 rings (SSSR count). The first-order valence-corrected chi connectivity index (χ1v) is 4.73. The SMILES string of the molecule is CCC(Cl)PC(C)Cl. The lowest BCUT2D eigenvalue weighted by atomic mass is 10.6. The Hall–Kier alpha value is 1.01. The molecule has 8 heavy (non-hydrogen) atoms. The Morgan fingerprint density at radius 3 is 2.12 bits per heavy atom. The van der Waals surface area contributed by atoms with Crippen molar-refractivity contribution in [3.63, 3.8) is 0 Å². The van der Waals surface area contributed by atoms with Crippen LogP contribution in [0.3, 0.4) is 0 Å². The molecule has 3 unspecified atom stereocenters. The molecule has 0 aliphatic heterocycles. The van der Waals surface area contributed by atoms with Gasteiger partial charge in [0.05, 0.1) is 5.12 Å². The molecule has 0 aliphatic rings. The van der Waals surface area contributed by atoms with E-state index in [2.05, 4.69) is 6.92 Å². The fourth-order valence-corrected chi connectivity index (χ4v) is 2.32. The average Bonchev–Trinajstić information content (AvgIpc) is 1.65. The summed E-state index contributed by atoms with van der Waals surface area (Å²) in [5.74, 6) is 0. The molecule has 0 spiro atoms. The number of hydrogen-bond donors (Lipinski definition) is 0. The van der Waals surface area contributed by atoms with Crippen molar-refractivity contribution in [2.75, 3.05) is 0 Å². The topological polar surface area (TPSA) is 0 Å². The summed E-state index contributed by atoms with van der Waals surface area (Å²) in [5.41, 5.74) is 0. The van der Waals surface area contributed by atoms with E-state index in [-0.39, 0.29) is 5.12 Å². The predicted molar refractivity (Wildman–Crippen MR) is 43.6 cm³/mol. The minimum atomic E-state index is 0.248. The van der Waals surface area contributed by atoms with Crippen LogP contribution in [0.4, 0.5) is 0 Å². The number of halogens is 2. The van der Waals surface area contributed by atoms with E-state index in [1.54, 1.807) is 0 Å². The fourth-order valence-electron chi connectivity index (χ4n) is 0.367. The highest BCUT2D eigenvalue weighted by molar-refractivity contribution is 7.44. The average molecular weight is 173 g/mol. The third-order valence-electron chi connectivity index (χ3n) is 0.769. The Balaban J connectivity index is 3.10. The lowest BCUT2D eigenvalue weighted by Gasteiger charge is -2.06. The second kappa shape index (κ2) is 4.85. The smallest absolute Gasteiger partial charge is 0.0516 e. The van der Waals surface area contributed by atoms with Crippen molar-refractivity contribution >= 4 is 31.8 Å². The van der Waals surface area contributed by atoms with E-state index in [4.69, 9.17) is 23.2 Å². The van der Waals surface area contributed by atoms with E-state index >= 15 is 0 Å². The van der Waals surface area contributed by atoms with Gasteiger partial charge in [-0.3, -0.25) is 0 Å². The second-order valence-electron chi connectivity index (χ2n) is 1.66. The zero-order valence-electron chi connectivity index (χ0n) is 5.12. The molecule has 0 fully saturated rings. The van der Waals surface area contributed by atoms with Gasteiger partial charge in [0.2, 0.25) is 0 Å². The summed E-state index contributed by atoms with van der Waals surface area (Å²) < 4.78 is 0. The molecule has 0 N–H and O–H groups in total. The summed E-state index contributed by atoms with van der Waals surface area (Å²) in [6.45, 7) is 4.05. The van der Waals surface area contributed by atoms with Gasteiger partial charge in [0, 0.05) is 5.12 Å². The van der Waals surface area contributed by atoms with Gasteiger partial charge in [0.1, 0.15) is 0 Å². The molecule has 0 radical (unpaired) electrons. The number of rotatable bonds is 3. The minimum absolute atomic E-state index is 0.248. The molecule has 0 aromatic carbocycles. The highest BCUT2D eigenvalue weighted by atomic mass is 35.5. The van der Waals surface area contributed by atoms with Crippen molar-refractivity contribution in [1.29, 1.82) is 0 Å². The van der Waals surface area contributed by atoms with Crippen LogP contribution in [0.25, 0.3) is 0 Å². The number of alkyl halides is 2. The molecule has 0 aliphatic carbocycles. The minimum Gasteiger partial charge on any atom is -0.118 e. The van der Waals surface area contributed by atoms with Crippen LogP contribution in [0.2, 0.25) is 0 Å².